The number of aliphatic carboxylic acids is 1. The topological polar surface area (TPSA) is 66.8 Å². The summed E-state index contributed by atoms with van der Waals surface area (Å²) >= 11 is 0. The molecule has 1 amide bonds. The minimum Gasteiger partial charge on any atom is -0.479 e. The Morgan fingerprint density at radius 3 is 2.35 bits per heavy atom. The van der Waals surface area contributed by atoms with E-state index in [9.17, 15) is 14.7 Å². The summed E-state index contributed by atoms with van der Waals surface area (Å²) in [5, 5.41) is 9.39. The van der Waals surface area contributed by atoms with Crippen LogP contribution in [0.15, 0.2) is 24.3 Å². The lowest BCUT2D eigenvalue weighted by atomic mass is 10.0. The number of amides is 1. The number of likely N-dealkylation sites (N-methyl/N-ethyl adjacent to an activating group) is 1. The Morgan fingerprint density at radius 2 is 1.90 bits per heavy atom. The fourth-order valence-electron chi connectivity index (χ4n) is 1.81. The second kappa shape index (κ2) is 5.94. The maximum atomic E-state index is 12.0. The van der Waals surface area contributed by atoms with Gasteiger partial charge in [0.25, 0.3) is 0 Å². The van der Waals surface area contributed by atoms with Crippen LogP contribution in [0.2, 0.25) is 0 Å². The highest BCUT2D eigenvalue weighted by Crippen LogP contribution is 2.23. The molecule has 0 saturated heterocycles. The lowest BCUT2D eigenvalue weighted by molar-refractivity contribution is -0.142. The molecule has 20 heavy (non-hydrogen) atoms. The molecule has 1 rings (SSSR count). The molecule has 0 fully saturated rings. The predicted octanol–water partition coefficient (Wildman–Crippen LogP) is 2.99. The van der Waals surface area contributed by atoms with Gasteiger partial charge in [-0.3, -0.25) is 4.90 Å². The molecule has 1 aromatic rings. The van der Waals surface area contributed by atoms with Gasteiger partial charge in [0.2, 0.25) is 0 Å². The van der Waals surface area contributed by atoms with E-state index in [1.807, 2.05) is 13.0 Å². The number of carbonyl (C=O) groups is 2. The van der Waals surface area contributed by atoms with Gasteiger partial charge >= 0.3 is 12.1 Å². The van der Waals surface area contributed by atoms with Crippen LogP contribution in [0.4, 0.5) is 4.79 Å². The standard InChI is InChI=1S/C15H21NO4/c1-10-7-6-8-11(9-10)12(13(17)18)16(5)14(19)20-15(2,3)4/h6-9,12H,1-5H3,(H,17,18). The van der Waals surface area contributed by atoms with E-state index in [4.69, 9.17) is 4.74 Å². The Kier molecular flexibility index (Phi) is 4.76. The molecular weight excluding hydrogens is 258 g/mol. The smallest absolute Gasteiger partial charge is 0.411 e. The summed E-state index contributed by atoms with van der Waals surface area (Å²) in [6.45, 7) is 7.08. The van der Waals surface area contributed by atoms with Gasteiger partial charge in [-0.15, -0.1) is 0 Å². The first-order valence-corrected chi connectivity index (χ1v) is 6.37. The van der Waals surface area contributed by atoms with Crippen molar-refractivity contribution in [2.45, 2.75) is 39.3 Å². The Bertz CT molecular complexity index is 505. The van der Waals surface area contributed by atoms with Crippen LogP contribution in [0.25, 0.3) is 0 Å². The molecule has 0 spiro atoms. The third-order valence-corrected chi connectivity index (χ3v) is 2.66. The molecule has 0 saturated carbocycles. The monoisotopic (exact) mass is 279 g/mol. The van der Waals surface area contributed by atoms with Crippen molar-refractivity contribution in [3.05, 3.63) is 35.4 Å². The van der Waals surface area contributed by atoms with E-state index in [2.05, 4.69) is 0 Å². The van der Waals surface area contributed by atoms with Crippen molar-refractivity contribution in [1.29, 1.82) is 0 Å². The van der Waals surface area contributed by atoms with Crippen molar-refractivity contribution < 1.29 is 19.4 Å². The van der Waals surface area contributed by atoms with Gasteiger partial charge < -0.3 is 9.84 Å². The minimum atomic E-state index is -1.09. The Hall–Kier alpha value is -2.04. The van der Waals surface area contributed by atoms with Gasteiger partial charge in [0.15, 0.2) is 6.04 Å². The highest BCUT2D eigenvalue weighted by atomic mass is 16.6. The maximum Gasteiger partial charge on any atom is 0.411 e. The van der Waals surface area contributed by atoms with Crippen molar-refractivity contribution in [2.75, 3.05) is 7.05 Å². The third-order valence-electron chi connectivity index (χ3n) is 2.66. The van der Waals surface area contributed by atoms with Gasteiger partial charge in [-0.1, -0.05) is 29.8 Å². The zero-order valence-corrected chi connectivity index (χ0v) is 12.5. The molecule has 5 nitrogen and oxygen atoms in total. The number of benzene rings is 1. The average Bonchev–Trinajstić information content (AvgIpc) is 2.26. The number of ether oxygens (including phenoxy) is 1. The van der Waals surface area contributed by atoms with E-state index < -0.39 is 23.7 Å². The zero-order chi connectivity index (χ0) is 15.5. The van der Waals surface area contributed by atoms with Crippen molar-refractivity contribution >= 4 is 12.1 Å². The van der Waals surface area contributed by atoms with Gasteiger partial charge in [-0.25, -0.2) is 9.59 Å². The molecule has 1 unspecified atom stereocenters. The quantitative estimate of drug-likeness (QED) is 0.923. The number of nitrogens with zero attached hydrogens (tertiary/aromatic N) is 1. The summed E-state index contributed by atoms with van der Waals surface area (Å²) in [6.07, 6.45) is -0.661. The number of carbonyl (C=O) groups excluding carboxylic acids is 1. The van der Waals surface area contributed by atoms with Crippen LogP contribution in [-0.4, -0.2) is 34.7 Å². The SMILES string of the molecule is Cc1cccc(C(C(=O)O)N(C)C(=O)OC(C)(C)C)c1. The van der Waals surface area contributed by atoms with E-state index in [-0.39, 0.29) is 0 Å². The van der Waals surface area contributed by atoms with Crippen LogP contribution >= 0.6 is 0 Å². The van der Waals surface area contributed by atoms with Crippen LogP contribution < -0.4 is 0 Å². The van der Waals surface area contributed by atoms with Crippen molar-refractivity contribution in [2.24, 2.45) is 0 Å². The lowest BCUT2D eigenvalue weighted by Crippen LogP contribution is -2.39. The molecule has 0 aromatic heterocycles. The Balaban J connectivity index is 3.03. The molecule has 0 heterocycles. The van der Waals surface area contributed by atoms with E-state index in [1.165, 1.54) is 7.05 Å². The molecule has 1 aromatic carbocycles. The summed E-state index contributed by atoms with van der Waals surface area (Å²) in [4.78, 5) is 24.6. The van der Waals surface area contributed by atoms with Gasteiger partial charge in [0, 0.05) is 7.05 Å². The highest BCUT2D eigenvalue weighted by molar-refractivity contribution is 5.81. The first-order chi connectivity index (χ1) is 9.11. The van der Waals surface area contributed by atoms with Crippen molar-refractivity contribution in [1.82, 2.24) is 4.90 Å². The fourth-order valence-corrected chi connectivity index (χ4v) is 1.81. The molecule has 0 aliphatic heterocycles. The van der Waals surface area contributed by atoms with Crippen LogP contribution in [0, 0.1) is 6.92 Å². The predicted molar refractivity (Wildman–Crippen MR) is 75.6 cm³/mol. The number of rotatable bonds is 3. The van der Waals surface area contributed by atoms with Crippen LogP contribution in [0.3, 0.4) is 0 Å². The first-order valence-electron chi connectivity index (χ1n) is 6.37. The Morgan fingerprint density at radius 1 is 1.30 bits per heavy atom. The average molecular weight is 279 g/mol. The van der Waals surface area contributed by atoms with Crippen LogP contribution in [0.5, 0.6) is 0 Å². The van der Waals surface area contributed by atoms with Gasteiger partial charge in [0.05, 0.1) is 0 Å². The summed E-state index contributed by atoms with van der Waals surface area (Å²) in [5.74, 6) is -1.09. The maximum absolute atomic E-state index is 12.0. The third kappa shape index (κ3) is 4.26. The first kappa shape index (κ1) is 16.0. The molecule has 0 aliphatic carbocycles. The number of carboxylic acid groups (broad SMARTS) is 1. The van der Waals surface area contributed by atoms with E-state index in [0.717, 1.165) is 10.5 Å². The minimum absolute atomic E-state index is 0.547. The summed E-state index contributed by atoms with van der Waals surface area (Å²) in [7, 11) is 1.43. The number of hydrogen-bond acceptors (Lipinski definition) is 3. The second-order valence-electron chi connectivity index (χ2n) is 5.75. The summed E-state index contributed by atoms with van der Waals surface area (Å²) in [5.41, 5.74) is 0.818. The Labute approximate surface area is 119 Å². The van der Waals surface area contributed by atoms with E-state index in [0.29, 0.717) is 5.56 Å². The summed E-state index contributed by atoms with van der Waals surface area (Å²) < 4.78 is 5.21. The largest absolute Gasteiger partial charge is 0.479 e. The van der Waals surface area contributed by atoms with Crippen molar-refractivity contribution in [3.63, 3.8) is 0 Å². The van der Waals surface area contributed by atoms with E-state index >= 15 is 0 Å². The van der Waals surface area contributed by atoms with Gasteiger partial charge in [-0.2, -0.15) is 0 Å². The molecule has 0 aliphatic rings. The molecular formula is C15H21NO4. The number of carboxylic acids is 1. The molecule has 0 radical (unpaired) electrons. The fraction of sp³-hybridized carbons (Fsp3) is 0.467. The molecule has 1 N–H and O–H groups in total. The zero-order valence-electron chi connectivity index (χ0n) is 12.5. The van der Waals surface area contributed by atoms with E-state index in [1.54, 1.807) is 39.0 Å². The summed E-state index contributed by atoms with van der Waals surface area (Å²) in [6, 6.07) is 6.01. The second-order valence-corrected chi connectivity index (χ2v) is 5.75. The van der Waals surface area contributed by atoms with Crippen LogP contribution in [0.1, 0.15) is 37.9 Å². The van der Waals surface area contributed by atoms with Gasteiger partial charge in [0.1, 0.15) is 5.60 Å². The molecule has 110 valence electrons. The lowest BCUT2D eigenvalue weighted by Gasteiger charge is -2.28. The number of aryl methyl sites for hydroxylation is 1. The van der Waals surface area contributed by atoms with Crippen molar-refractivity contribution in [3.8, 4) is 0 Å². The number of hydrogen-bond donors (Lipinski definition) is 1. The van der Waals surface area contributed by atoms with Gasteiger partial charge in [-0.05, 0) is 33.3 Å². The normalized spacial score (nSPS) is 12.7. The highest BCUT2D eigenvalue weighted by Gasteiger charge is 2.31. The molecule has 0 bridgehead atoms. The molecule has 5 heteroatoms. The molecule has 1 atom stereocenters. The van der Waals surface area contributed by atoms with Crippen LogP contribution in [-0.2, 0) is 9.53 Å².